The minimum Gasteiger partial charge on any atom is -0.308 e. The number of fused-ring (bicyclic) bond motifs is 6. The molecule has 4 heteroatoms. The van der Waals surface area contributed by atoms with Gasteiger partial charge in [-0.15, -0.1) is 0 Å². The highest BCUT2D eigenvalue weighted by Gasteiger charge is 2.39. The normalized spacial score (nSPS) is 14.7. The Hall–Kier alpha value is -6.39. The van der Waals surface area contributed by atoms with E-state index in [2.05, 4.69) is 172 Å². The van der Waals surface area contributed by atoms with Crippen molar-refractivity contribution in [3.05, 3.63) is 169 Å². The van der Waals surface area contributed by atoms with Crippen LogP contribution < -0.4 is 0 Å². The molecule has 0 fully saturated rings. The van der Waals surface area contributed by atoms with Crippen LogP contribution in [0.4, 0.5) is 0 Å². The average molecular weight is 711 g/mol. The molecule has 0 bridgehead atoms. The number of para-hydroxylation sites is 2. The van der Waals surface area contributed by atoms with Crippen molar-refractivity contribution in [3.8, 4) is 51.0 Å². The number of nitrogens with zero attached hydrogens (tertiary/aromatic N) is 4. The van der Waals surface area contributed by atoms with Crippen molar-refractivity contribution in [2.24, 2.45) is 0 Å². The maximum Gasteiger partial charge on any atom is 0.166 e. The average Bonchev–Trinajstić information content (AvgIpc) is 3.56. The molecule has 55 heavy (non-hydrogen) atoms. The first kappa shape index (κ1) is 33.2. The van der Waals surface area contributed by atoms with Crippen molar-refractivity contribution in [1.82, 2.24) is 19.5 Å². The summed E-state index contributed by atoms with van der Waals surface area (Å²) in [6, 6.07) is 56.1. The van der Waals surface area contributed by atoms with Crippen LogP contribution in [0.25, 0.3) is 83.6 Å². The van der Waals surface area contributed by atoms with Gasteiger partial charge in [0.15, 0.2) is 17.5 Å². The Morgan fingerprint density at radius 3 is 1.82 bits per heavy atom. The smallest absolute Gasteiger partial charge is 0.166 e. The Labute approximate surface area is 322 Å². The highest BCUT2D eigenvalue weighted by atomic mass is 15.1. The number of rotatable bonds is 5. The van der Waals surface area contributed by atoms with Gasteiger partial charge < -0.3 is 4.57 Å². The van der Waals surface area contributed by atoms with Crippen LogP contribution in [-0.4, -0.2) is 19.5 Å². The predicted octanol–water partition coefficient (Wildman–Crippen LogP) is 13.1. The van der Waals surface area contributed by atoms with Crippen molar-refractivity contribution < 1.29 is 0 Å². The van der Waals surface area contributed by atoms with E-state index in [1.54, 1.807) is 0 Å². The van der Waals surface area contributed by atoms with Crippen LogP contribution in [-0.2, 0) is 10.8 Å². The summed E-state index contributed by atoms with van der Waals surface area (Å²) >= 11 is 0. The number of aromatic nitrogens is 4. The zero-order valence-corrected chi connectivity index (χ0v) is 31.7. The number of hydrogen-bond acceptors (Lipinski definition) is 3. The molecular weight excluding hydrogens is 669 g/mol. The zero-order chi connectivity index (χ0) is 37.3. The molecule has 4 nitrogen and oxygen atoms in total. The summed E-state index contributed by atoms with van der Waals surface area (Å²) in [6.45, 7) is 9.65. The molecule has 0 amide bonds. The van der Waals surface area contributed by atoms with Gasteiger partial charge in [0.25, 0.3) is 0 Å². The Morgan fingerprint density at radius 2 is 1.02 bits per heavy atom. The molecule has 266 valence electrons. The van der Waals surface area contributed by atoms with E-state index < -0.39 is 0 Å². The predicted molar refractivity (Wildman–Crippen MR) is 229 cm³/mol. The van der Waals surface area contributed by atoms with Gasteiger partial charge in [-0.3, -0.25) is 0 Å². The first-order chi connectivity index (χ1) is 26.8. The first-order valence-corrected chi connectivity index (χ1v) is 19.3. The molecule has 0 N–H and O–H groups in total. The monoisotopic (exact) mass is 710 g/mol. The quantitative estimate of drug-likeness (QED) is 0.179. The van der Waals surface area contributed by atoms with Crippen molar-refractivity contribution in [3.63, 3.8) is 0 Å². The summed E-state index contributed by atoms with van der Waals surface area (Å²) in [5, 5.41) is 5.00. The van der Waals surface area contributed by atoms with E-state index in [1.807, 2.05) is 18.2 Å². The van der Waals surface area contributed by atoms with Gasteiger partial charge in [-0.1, -0.05) is 167 Å². The van der Waals surface area contributed by atoms with Crippen LogP contribution in [0, 0.1) is 0 Å². The van der Waals surface area contributed by atoms with E-state index in [4.69, 9.17) is 15.0 Å². The third-order valence-corrected chi connectivity index (χ3v) is 11.9. The lowest BCUT2D eigenvalue weighted by Gasteiger charge is -2.42. The van der Waals surface area contributed by atoms with Gasteiger partial charge in [0.1, 0.15) is 0 Å². The minimum absolute atomic E-state index is 0.00441. The van der Waals surface area contributed by atoms with E-state index in [0.29, 0.717) is 17.5 Å². The van der Waals surface area contributed by atoms with Crippen molar-refractivity contribution >= 4 is 32.6 Å². The maximum atomic E-state index is 5.29. The van der Waals surface area contributed by atoms with Crippen molar-refractivity contribution in [1.29, 1.82) is 0 Å². The first-order valence-electron chi connectivity index (χ1n) is 19.3. The molecule has 1 aliphatic rings. The van der Waals surface area contributed by atoms with Crippen LogP contribution in [0.15, 0.2) is 158 Å². The third kappa shape index (κ3) is 5.47. The van der Waals surface area contributed by atoms with Gasteiger partial charge in [-0.25, -0.2) is 15.0 Å². The Bertz CT molecular complexity index is 2910. The Morgan fingerprint density at radius 1 is 0.436 bits per heavy atom. The molecule has 0 unspecified atom stereocenters. The van der Waals surface area contributed by atoms with E-state index in [-0.39, 0.29) is 10.8 Å². The minimum atomic E-state index is 0.00441. The fourth-order valence-corrected chi connectivity index (χ4v) is 8.92. The van der Waals surface area contributed by atoms with E-state index in [1.165, 1.54) is 49.3 Å². The van der Waals surface area contributed by atoms with Crippen molar-refractivity contribution in [2.75, 3.05) is 0 Å². The van der Waals surface area contributed by atoms with Gasteiger partial charge in [0.05, 0.1) is 16.7 Å². The molecule has 0 radical (unpaired) electrons. The molecule has 2 heterocycles. The molecule has 0 saturated heterocycles. The van der Waals surface area contributed by atoms with Crippen LogP contribution in [0.1, 0.15) is 51.7 Å². The second kappa shape index (κ2) is 12.6. The van der Waals surface area contributed by atoms with Crippen LogP contribution in [0.3, 0.4) is 0 Å². The highest BCUT2D eigenvalue weighted by Crippen LogP contribution is 2.51. The summed E-state index contributed by atoms with van der Waals surface area (Å²) in [5.41, 5.74) is 11.7. The molecule has 0 aliphatic heterocycles. The fourth-order valence-electron chi connectivity index (χ4n) is 8.92. The fraction of sp³-hybridized carbons (Fsp3) is 0.157. The Kier molecular flexibility index (Phi) is 7.60. The summed E-state index contributed by atoms with van der Waals surface area (Å²) in [7, 11) is 0. The molecule has 0 saturated carbocycles. The summed E-state index contributed by atoms with van der Waals surface area (Å²) in [6.07, 6.45) is 2.29. The number of benzene rings is 7. The van der Waals surface area contributed by atoms with Crippen LogP contribution in [0.5, 0.6) is 0 Å². The topological polar surface area (TPSA) is 43.6 Å². The lowest BCUT2D eigenvalue weighted by molar-refractivity contribution is 0.334. The molecule has 0 spiro atoms. The van der Waals surface area contributed by atoms with E-state index >= 15 is 0 Å². The molecule has 1 aliphatic carbocycles. The summed E-state index contributed by atoms with van der Waals surface area (Å²) in [4.78, 5) is 15.6. The zero-order valence-electron chi connectivity index (χ0n) is 31.7. The van der Waals surface area contributed by atoms with Gasteiger partial charge in [-0.2, -0.15) is 0 Å². The van der Waals surface area contributed by atoms with Gasteiger partial charge in [0.2, 0.25) is 0 Å². The SMILES string of the molecule is CC1(C)CCC(C)(C)c2c1ccc1c3ccccc3n(-c3ccccc3-c3nc(-c4ccccc4)nc(-c4ccc(-c5cccc6ccccc56)cc4)n3)c21. The van der Waals surface area contributed by atoms with E-state index in [0.717, 1.165) is 40.8 Å². The van der Waals surface area contributed by atoms with Crippen LogP contribution in [0.2, 0.25) is 0 Å². The van der Waals surface area contributed by atoms with Crippen LogP contribution >= 0.6 is 0 Å². The van der Waals surface area contributed by atoms with Gasteiger partial charge >= 0.3 is 0 Å². The van der Waals surface area contributed by atoms with Gasteiger partial charge in [0, 0.05) is 27.5 Å². The largest absolute Gasteiger partial charge is 0.308 e. The molecule has 2 aromatic heterocycles. The summed E-state index contributed by atoms with van der Waals surface area (Å²) in [5.74, 6) is 1.94. The van der Waals surface area contributed by atoms with E-state index in [9.17, 15) is 0 Å². The summed E-state index contributed by atoms with van der Waals surface area (Å²) < 4.78 is 2.49. The van der Waals surface area contributed by atoms with Gasteiger partial charge in [-0.05, 0) is 74.9 Å². The highest BCUT2D eigenvalue weighted by molar-refractivity contribution is 6.11. The molecule has 7 aromatic carbocycles. The third-order valence-electron chi connectivity index (χ3n) is 11.9. The second-order valence-corrected chi connectivity index (χ2v) is 16.3. The lowest BCUT2D eigenvalue weighted by Crippen LogP contribution is -2.34. The molecule has 0 atom stereocenters. The Balaban J connectivity index is 1.20. The maximum absolute atomic E-state index is 5.29. The number of hydrogen-bond donors (Lipinski definition) is 0. The lowest BCUT2D eigenvalue weighted by atomic mass is 9.62. The standard InChI is InChI=1S/C51H42N4/c1-50(2)31-32-51(3,4)45-42(50)30-29-40-39-20-10-12-23-43(39)55(46(40)45)44-24-13-11-21-41(44)49-53-47(35-16-6-5-7-17-35)52-48(54-49)36-27-25-34(26-28-36)38-22-14-18-33-15-8-9-19-37(33)38/h5-30H,31-32H2,1-4H3. The molecule has 10 rings (SSSR count). The second-order valence-electron chi connectivity index (χ2n) is 16.3. The molecule has 9 aromatic rings. The molecular formula is C51H42N4. The van der Waals surface area contributed by atoms with Crippen molar-refractivity contribution in [2.45, 2.75) is 51.4 Å².